The summed E-state index contributed by atoms with van der Waals surface area (Å²) >= 11 is 0. The monoisotopic (exact) mass is 499 g/mol. The van der Waals surface area contributed by atoms with Gasteiger partial charge in [0, 0.05) is 44.0 Å². The molecule has 2 aliphatic rings. The molecular formula is C28H33N7O2. The summed E-state index contributed by atoms with van der Waals surface area (Å²) in [6.45, 7) is 8.77. The Morgan fingerprint density at radius 3 is 2.65 bits per heavy atom. The predicted octanol–water partition coefficient (Wildman–Crippen LogP) is 3.22. The van der Waals surface area contributed by atoms with Crippen LogP contribution in [0.5, 0.6) is 0 Å². The van der Waals surface area contributed by atoms with Crippen molar-refractivity contribution in [1.82, 2.24) is 30.1 Å². The van der Waals surface area contributed by atoms with Gasteiger partial charge in [0.15, 0.2) is 5.82 Å². The topological polar surface area (TPSA) is 92.2 Å². The lowest BCUT2D eigenvalue weighted by molar-refractivity contribution is 0.0906. The number of pyridine rings is 1. The van der Waals surface area contributed by atoms with Crippen molar-refractivity contribution in [2.24, 2.45) is 0 Å². The number of anilines is 1. The van der Waals surface area contributed by atoms with Crippen molar-refractivity contribution in [1.29, 1.82) is 0 Å². The van der Waals surface area contributed by atoms with Crippen molar-refractivity contribution in [2.75, 3.05) is 37.7 Å². The summed E-state index contributed by atoms with van der Waals surface area (Å²) in [6, 6.07) is 16.3. The molecule has 6 rings (SSSR count). The fourth-order valence-corrected chi connectivity index (χ4v) is 5.64. The van der Waals surface area contributed by atoms with Crippen molar-refractivity contribution in [2.45, 2.75) is 45.4 Å². The van der Waals surface area contributed by atoms with Crippen LogP contribution < -0.4 is 10.5 Å². The van der Waals surface area contributed by atoms with Crippen LogP contribution in [0.4, 0.5) is 5.69 Å². The number of piperazine rings is 1. The van der Waals surface area contributed by atoms with Crippen LogP contribution in [0.2, 0.25) is 0 Å². The zero-order valence-corrected chi connectivity index (χ0v) is 21.4. The number of rotatable bonds is 6. The van der Waals surface area contributed by atoms with Crippen LogP contribution in [0.25, 0.3) is 10.9 Å². The molecule has 9 nitrogen and oxygen atoms in total. The van der Waals surface area contributed by atoms with Gasteiger partial charge in [-0.2, -0.15) is 0 Å². The number of aromatic amines is 1. The molecule has 9 heteroatoms. The lowest BCUT2D eigenvalue weighted by Crippen LogP contribution is -2.49. The Morgan fingerprint density at radius 2 is 1.89 bits per heavy atom. The van der Waals surface area contributed by atoms with E-state index in [0.717, 1.165) is 67.7 Å². The molecule has 37 heavy (non-hydrogen) atoms. The molecule has 2 unspecified atom stereocenters. The van der Waals surface area contributed by atoms with Gasteiger partial charge < -0.3 is 14.6 Å². The van der Waals surface area contributed by atoms with Gasteiger partial charge in [-0.1, -0.05) is 30.3 Å². The van der Waals surface area contributed by atoms with E-state index >= 15 is 0 Å². The fraction of sp³-hybridized carbons (Fsp3) is 0.429. The Morgan fingerprint density at radius 1 is 1.08 bits per heavy atom. The van der Waals surface area contributed by atoms with E-state index in [2.05, 4.69) is 80.6 Å². The van der Waals surface area contributed by atoms with Crippen LogP contribution in [0.1, 0.15) is 41.4 Å². The van der Waals surface area contributed by atoms with E-state index < -0.39 is 0 Å². The van der Waals surface area contributed by atoms with Gasteiger partial charge in [0.25, 0.3) is 5.56 Å². The zero-order valence-electron chi connectivity index (χ0n) is 21.4. The lowest BCUT2D eigenvalue weighted by atomic mass is 9.99. The quantitative estimate of drug-likeness (QED) is 0.435. The second-order valence-corrected chi connectivity index (χ2v) is 10.1. The van der Waals surface area contributed by atoms with Gasteiger partial charge in [-0.15, -0.1) is 5.10 Å². The molecule has 0 bridgehead atoms. The molecule has 2 aliphatic heterocycles. The Labute approximate surface area is 216 Å². The third kappa shape index (κ3) is 4.65. The van der Waals surface area contributed by atoms with Gasteiger partial charge in [-0.05, 0) is 71.8 Å². The minimum Gasteiger partial charge on any atom is -0.376 e. The van der Waals surface area contributed by atoms with Crippen LogP contribution in [-0.4, -0.2) is 69.0 Å². The summed E-state index contributed by atoms with van der Waals surface area (Å²) in [5, 5.41) is 13.9. The van der Waals surface area contributed by atoms with Gasteiger partial charge in [0.05, 0.1) is 18.2 Å². The standard InChI is InChI=1S/C28H33N7O2/c1-19-10-11-21-17-24(28(36)29-25(21)20(19)2)26(27-30-31-32-35(27)18-23-9-6-16-37-23)34-14-12-33(13-15-34)22-7-4-3-5-8-22/h3-5,7-8,10-11,17,23,26H,6,9,12-16,18H2,1-2H3,(H,29,36). The summed E-state index contributed by atoms with van der Waals surface area (Å²) in [4.78, 5) is 21.5. The maximum Gasteiger partial charge on any atom is 0.253 e. The SMILES string of the molecule is Cc1ccc2cc(C(c3nnnn3CC3CCCO3)N3CCN(c4ccccc4)CC3)c(=O)[nH]c2c1C. The number of tetrazole rings is 1. The van der Waals surface area contributed by atoms with Crippen LogP contribution in [-0.2, 0) is 11.3 Å². The molecule has 2 fully saturated rings. The highest BCUT2D eigenvalue weighted by molar-refractivity contribution is 5.83. The number of nitrogens with zero attached hydrogens (tertiary/aromatic N) is 6. The number of para-hydroxylation sites is 1. The average Bonchev–Trinajstić information content (AvgIpc) is 3.61. The molecule has 1 N–H and O–H groups in total. The number of ether oxygens (including phenoxy) is 1. The molecule has 192 valence electrons. The first-order valence-corrected chi connectivity index (χ1v) is 13.1. The number of fused-ring (bicyclic) bond motifs is 1. The normalized spacial score (nSPS) is 19.5. The molecule has 2 aromatic carbocycles. The Hall–Kier alpha value is -3.56. The van der Waals surface area contributed by atoms with Gasteiger partial charge in [0.1, 0.15) is 6.04 Å². The smallest absolute Gasteiger partial charge is 0.253 e. The van der Waals surface area contributed by atoms with E-state index in [1.54, 1.807) is 0 Å². The van der Waals surface area contributed by atoms with Crippen molar-refractivity contribution >= 4 is 16.6 Å². The summed E-state index contributed by atoms with van der Waals surface area (Å²) < 4.78 is 7.72. The van der Waals surface area contributed by atoms with Crippen LogP contribution in [0.3, 0.4) is 0 Å². The molecule has 0 saturated carbocycles. The third-order valence-corrected chi connectivity index (χ3v) is 7.88. The van der Waals surface area contributed by atoms with E-state index in [0.29, 0.717) is 17.9 Å². The number of nitrogens with one attached hydrogen (secondary N) is 1. The lowest BCUT2D eigenvalue weighted by Gasteiger charge is -2.39. The summed E-state index contributed by atoms with van der Waals surface area (Å²) in [6.07, 6.45) is 2.14. The van der Waals surface area contributed by atoms with E-state index in [1.165, 1.54) is 5.69 Å². The first kappa shape index (κ1) is 23.8. The number of benzene rings is 2. The molecule has 2 saturated heterocycles. The van der Waals surface area contributed by atoms with Crippen molar-refractivity contribution < 1.29 is 4.74 Å². The van der Waals surface area contributed by atoms with Crippen LogP contribution in [0.15, 0.2) is 53.3 Å². The largest absolute Gasteiger partial charge is 0.376 e. The number of hydrogen-bond donors (Lipinski definition) is 1. The maximum absolute atomic E-state index is 13.6. The fourth-order valence-electron chi connectivity index (χ4n) is 5.64. The molecule has 0 aliphatic carbocycles. The Balaban J connectivity index is 1.38. The Bertz CT molecular complexity index is 1430. The molecular weight excluding hydrogens is 466 g/mol. The van der Waals surface area contributed by atoms with Gasteiger partial charge in [-0.3, -0.25) is 9.69 Å². The highest BCUT2D eigenvalue weighted by atomic mass is 16.5. The molecule has 0 radical (unpaired) electrons. The summed E-state index contributed by atoms with van der Waals surface area (Å²) in [7, 11) is 0. The molecule has 4 heterocycles. The molecule has 0 amide bonds. The predicted molar refractivity (Wildman–Crippen MR) is 143 cm³/mol. The first-order valence-electron chi connectivity index (χ1n) is 13.1. The van der Waals surface area contributed by atoms with Gasteiger partial charge >= 0.3 is 0 Å². The highest BCUT2D eigenvalue weighted by Gasteiger charge is 2.33. The minimum absolute atomic E-state index is 0.0941. The van der Waals surface area contributed by atoms with E-state index in [4.69, 9.17) is 4.74 Å². The first-order chi connectivity index (χ1) is 18.1. The zero-order chi connectivity index (χ0) is 25.4. The van der Waals surface area contributed by atoms with Crippen molar-refractivity contribution in [3.63, 3.8) is 0 Å². The van der Waals surface area contributed by atoms with Crippen molar-refractivity contribution in [3.05, 3.63) is 81.4 Å². The molecule has 4 aromatic rings. The maximum atomic E-state index is 13.6. The van der Waals surface area contributed by atoms with Crippen LogP contribution >= 0.6 is 0 Å². The van der Waals surface area contributed by atoms with E-state index in [-0.39, 0.29) is 17.7 Å². The van der Waals surface area contributed by atoms with Crippen molar-refractivity contribution in [3.8, 4) is 0 Å². The minimum atomic E-state index is -0.357. The summed E-state index contributed by atoms with van der Waals surface area (Å²) in [5.74, 6) is 0.692. The second-order valence-electron chi connectivity index (χ2n) is 10.1. The van der Waals surface area contributed by atoms with Crippen LogP contribution in [0, 0.1) is 13.8 Å². The van der Waals surface area contributed by atoms with E-state index in [9.17, 15) is 4.79 Å². The number of aryl methyl sites for hydroxylation is 2. The van der Waals surface area contributed by atoms with Gasteiger partial charge in [0.2, 0.25) is 0 Å². The highest BCUT2D eigenvalue weighted by Crippen LogP contribution is 2.30. The average molecular weight is 500 g/mol. The molecule has 0 spiro atoms. The number of aromatic nitrogens is 5. The summed E-state index contributed by atoms with van der Waals surface area (Å²) in [5.41, 5.74) is 4.94. The number of H-pyrrole nitrogens is 1. The number of hydrogen-bond acceptors (Lipinski definition) is 7. The second kappa shape index (κ2) is 10.1. The van der Waals surface area contributed by atoms with Gasteiger partial charge in [-0.25, -0.2) is 4.68 Å². The molecule has 2 atom stereocenters. The Kier molecular flexibility index (Phi) is 6.48. The third-order valence-electron chi connectivity index (χ3n) is 7.88. The molecule has 2 aromatic heterocycles. The van der Waals surface area contributed by atoms with E-state index in [1.807, 2.05) is 16.8 Å².